The number of ether oxygens (including phenoxy) is 1. The van der Waals surface area contributed by atoms with Crippen LogP contribution in [0.4, 0.5) is 13.2 Å². The summed E-state index contributed by atoms with van der Waals surface area (Å²) in [5, 5.41) is 37.2. The number of para-hydroxylation sites is 1. The van der Waals surface area contributed by atoms with Crippen LogP contribution in [0.25, 0.3) is 11.3 Å². The van der Waals surface area contributed by atoms with Crippen LogP contribution in [-0.4, -0.2) is 111 Å². The molecule has 2 aromatic carbocycles. The first-order valence-electron chi connectivity index (χ1n) is 18.0. The van der Waals surface area contributed by atoms with Crippen molar-refractivity contribution in [3.63, 3.8) is 0 Å². The molecule has 1 saturated heterocycles. The van der Waals surface area contributed by atoms with Gasteiger partial charge in [-0.2, -0.15) is 13.2 Å². The summed E-state index contributed by atoms with van der Waals surface area (Å²) >= 11 is 0. The Labute approximate surface area is 316 Å². The Hall–Kier alpha value is -5.03. The van der Waals surface area contributed by atoms with Crippen LogP contribution in [0.3, 0.4) is 0 Å². The number of aromatic nitrogens is 2. The molecular weight excluding hydrogens is 721 g/mol. The summed E-state index contributed by atoms with van der Waals surface area (Å²) in [5.41, 5.74) is 1.03. The molecule has 5 atom stereocenters. The third-order valence-corrected chi connectivity index (χ3v) is 10.1. The van der Waals surface area contributed by atoms with E-state index in [0.717, 1.165) is 5.56 Å². The normalized spacial score (nSPS) is 20.5. The predicted molar refractivity (Wildman–Crippen MR) is 194 cm³/mol. The van der Waals surface area contributed by atoms with Crippen LogP contribution in [0.2, 0.25) is 0 Å². The number of piperazine rings is 1. The Balaban J connectivity index is 1.19. The van der Waals surface area contributed by atoms with Crippen molar-refractivity contribution in [3.05, 3.63) is 96.3 Å². The van der Waals surface area contributed by atoms with Gasteiger partial charge in [-0.15, -0.1) is 0 Å². The molecule has 2 aromatic heterocycles. The zero-order chi connectivity index (χ0) is 39.3. The van der Waals surface area contributed by atoms with E-state index >= 15 is 0 Å². The molecule has 0 unspecified atom stereocenters. The van der Waals surface area contributed by atoms with E-state index in [0.29, 0.717) is 29.2 Å². The Bertz CT molecular complexity index is 1930. The molecule has 6 rings (SSSR count). The summed E-state index contributed by atoms with van der Waals surface area (Å²) in [6, 6.07) is 16.0. The molecule has 4 heterocycles. The number of aromatic hydroxyl groups is 1. The molecule has 2 amide bonds. The van der Waals surface area contributed by atoms with Gasteiger partial charge >= 0.3 is 6.18 Å². The van der Waals surface area contributed by atoms with Gasteiger partial charge in [-0.05, 0) is 44.4 Å². The maximum Gasteiger partial charge on any atom is 0.405 e. The number of nitrogens with one attached hydrogen (secondary N) is 2. The number of carbonyl (C=O) groups excluding carboxylic acids is 2. The van der Waals surface area contributed by atoms with Crippen LogP contribution >= 0.6 is 0 Å². The molecular formula is C39H45F3N6O7. The number of halogens is 3. The summed E-state index contributed by atoms with van der Waals surface area (Å²) in [6.45, 7) is 2.50. The smallest absolute Gasteiger partial charge is 0.405 e. The highest BCUT2D eigenvalue weighted by Gasteiger charge is 2.43. The number of alkyl halides is 3. The van der Waals surface area contributed by atoms with Gasteiger partial charge in [0.15, 0.2) is 5.76 Å². The zero-order valence-corrected chi connectivity index (χ0v) is 30.4. The molecule has 0 aliphatic carbocycles. The monoisotopic (exact) mass is 766 g/mol. The minimum absolute atomic E-state index is 0.0132. The molecule has 13 nitrogen and oxygen atoms in total. The molecule has 2 aliphatic rings. The minimum atomic E-state index is -4.64. The minimum Gasteiger partial charge on any atom is -0.506 e. The van der Waals surface area contributed by atoms with Gasteiger partial charge in [0.2, 0.25) is 17.7 Å². The van der Waals surface area contributed by atoms with Gasteiger partial charge in [0, 0.05) is 49.4 Å². The molecule has 5 N–H and O–H groups in total. The largest absolute Gasteiger partial charge is 0.506 e. The SMILES string of the molecule is CC(C)(c1ncc(-c2cncc(O)c2)o1)N1CCN(C[C@@H](O)C[C@@H](Cc2ccccc2)C(=O)N[C@H]2c3ccccc3OC[C@H]2O)[C@H](C(=O)NCC(F)(F)F)C1. The van der Waals surface area contributed by atoms with Crippen molar-refractivity contribution in [2.45, 2.75) is 62.7 Å². The topological polar surface area (TPSA) is 174 Å². The Morgan fingerprint density at radius 1 is 1.04 bits per heavy atom. The first-order valence-corrected chi connectivity index (χ1v) is 18.0. The van der Waals surface area contributed by atoms with Crippen molar-refractivity contribution in [2.75, 3.05) is 39.3 Å². The van der Waals surface area contributed by atoms with E-state index in [4.69, 9.17) is 9.15 Å². The maximum absolute atomic E-state index is 14.0. The highest BCUT2D eigenvalue weighted by molar-refractivity contribution is 5.82. The molecule has 0 saturated carbocycles. The average Bonchev–Trinajstić information content (AvgIpc) is 3.67. The lowest BCUT2D eigenvalue weighted by Gasteiger charge is -2.46. The zero-order valence-electron chi connectivity index (χ0n) is 30.4. The summed E-state index contributed by atoms with van der Waals surface area (Å²) in [5.74, 6) is -0.920. The van der Waals surface area contributed by atoms with Gasteiger partial charge in [-0.3, -0.25) is 24.4 Å². The van der Waals surface area contributed by atoms with Crippen LogP contribution < -0.4 is 15.4 Å². The third-order valence-electron chi connectivity index (χ3n) is 10.1. The Morgan fingerprint density at radius 2 is 1.78 bits per heavy atom. The van der Waals surface area contributed by atoms with Gasteiger partial charge in [0.1, 0.15) is 36.8 Å². The third kappa shape index (κ3) is 9.80. The Kier molecular flexibility index (Phi) is 12.1. The standard InChI is InChI=1S/C39H45F3N6O7/c1-38(2,37-44-19-33(55-37)26-16-27(49)18-43-17-26)48-13-12-47(30(21-48)36(53)45-23-39(40,41)42)20-28(50)15-25(14-24-8-4-3-5-9-24)35(52)46-34-29-10-6-7-11-32(29)54-22-31(34)51/h3-11,16-19,25,28,30-31,34,49-51H,12-15,20-23H2,1-2H3,(H,45,53)(H,46,52)/t25-,28+,30+,31-,34+/m1/s1. The number of pyridine rings is 1. The number of hydrogen-bond acceptors (Lipinski definition) is 11. The number of oxazole rings is 1. The number of carbonyl (C=O) groups is 2. The molecule has 0 radical (unpaired) electrons. The highest BCUT2D eigenvalue weighted by atomic mass is 19.4. The van der Waals surface area contributed by atoms with Crippen molar-refractivity contribution >= 4 is 11.8 Å². The molecule has 4 aromatic rings. The van der Waals surface area contributed by atoms with E-state index in [9.17, 15) is 38.1 Å². The van der Waals surface area contributed by atoms with Crippen molar-refractivity contribution < 1.29 is 47.2 Å². The van der Waals surface area contributed by atoms with Crippen LogP contribution in [0.1, 0.15) is 43.3 Å². The fourth-order valence-electron chi connectivity index (χ4n) is 7.14. The number of benzene rings is 2. The molecule has 55 heavy (non-hydrogen) atoms. The summed E-state index contributed by atoms with van der Waals surface area (Å²) in [7, 11) is 0. The number of hydrogen-bond donors (Lipinski definition) is 5. The van der Waals surface area contributed by atoms with Crippen LogP contribution in [0.15, 0.2) is 83.7 Å². The molecule has 294 valence electrons. The summed E-state index contributed by atoms with van der Waals surface area (Å²) in [6.07, 6.45) is -2.31. The van der Waals surface area contributed by atoms with E-state index in [-0.39, 0.29) is 50.7 Å². The van der Waals surface area contributed by atoms with E-state index in [2.05, 4.69) is 15.3 Å². The van der Waals surface area contributed by atoms with Gasteiger partial charge in [-0.1, -0.05) is 48.5 Å². The number of β-amino-alcohol motifs (C(OH)–C–C–N with tert-alkyl or cyclic N) is 1. The Morgan fingerprint density at radius 3 is 2.53 bits per heavy atom. The summed E-state index contributed by atoms with van der Waals surface area (Å²) in [4.78, 5) is 39.3. The lowest BCUT2D eigenvalue weighted by molar-refractivity contribution is -0.144. The fraction of sp³-hybridized carbons (Fsp3) is 0.436. The van der Waals surface area contributed by atoms with Crippen molar-refractivity contribution in [1.82, 2.24) is 30.4 Å². The van der Waals surface area contributed by atoms with E-state index in [1.165, 1.54) is 24.7 Å². The quantitative estimate of drug-likeness (QED) is 0.135. The van der Waals surface area contributed by atoms with Crippen LogP contribution in [-0.2, 0) is 21.5 Å². The molecule has 1 fully saturated rings. The van der Waals surface area contributed by atoms with E-state index in [1.807, 2.05) is 54.4 Å². The molecule has 0 spiro atoms. The van der Waals surface area contributed by atoms with Crippen molar-refractivity contribution in [3.8, 4) is 22.8 Å². The lowest BCUT2D eigenvalue weighted by Crippen LogP contribution is -2.63. The van der Waals surface area contributed by atoms with Gasteiger partial charge < -0.3 is 35.1 Å². The molecule has 2 aliphatic heterocycles. The van der Waals surface area contributed by atoms with Gasteiger partial charge in [-0.25, -0.2) is 4.98 Å². The lowest BCUT2D eigenvalue weighted by atomic mass is 9.90. The molecule has 16 heteroatoms. The van der Waals surface area contributed by atoms with Crippen molar-refractivity contribution in [2.24, 2.45) is 5.92 Å². The first kappa shape index (κ1) is 39.7. The summed E-state index contributed by atoms with van der Waals surface area (Å²) < 4.78 is 51.4. The van der Waals surface area contributed by atoms with E-state index in [1.54, 1.807) is 29.2 Å². The highest BCUT2D eigenvalue weighted by Crippen LogP contribution is 2.34. The van der Waals surface area contributed by atoms with Crippen molar-refractivity contribution in [1.29, 1.82) is 0 Å². The van der Waals surface area contributed by atoms with Gasteiger partial charge in [0.05, 0.1) is 30.1 Å². The maximum atomic E-state index is 14.0. The molecule has 0 bridgehead atoms. The fourth-order valence-corrected chi connectivity index (χ4v) is 7.14. The number of aliphatic hydroxyl groups is 2. The van der Waals surface area contributed by atoms with Crippen LogP contribution in [0, 0.1) is 5.92 Å². The van der Waals surface area contributed by atoms with Gasteiger partial charge in [0.25, 0.3) is 0 Å². The second-order valence-electron chi connectivity index (χ2n) is 14.5. The predicted octanol–water partition coefficient (Wildman–Crippen LogP) is 3.56. The first-order chi connectivity index (χ1) is 26.2. The number of aliphatic hydroxyl groups excluding tert-OH is 2. The number of amides is 2. The number of nitrogens with zero attached hydrogens (tertiary/aromatic N) is 4. The number of fused-ring (bicyclic) bond motifs is 1. The number of rotatable bonds is 13. The second-order valence-corrected chi connectivity index (χ2v) is 14.5. The van der Waals surface area contributed by atoms with E-state index < -0.39 is 60.3 Å². The average molecular weight is 767 g/mol. The van der Waals surface area contributed by atoms with Crippen LogP contribution in [0.5, 0.6) is 11.5 Å². The second kappa shape index (κ2) is 16.8.